The Hall–Kier alpha value is -1.17. The zero-order valence-electron chi connectivity index (χ0n) is 11.3. The number of aromatic nitrogens is 1. The molecule has 0 saturated carbocycles. The molecule has 5 nitrogen and oxygen atoms in total. The second-order valence-corrected chi connectivity index (χ2v) is 3.89. The smallest absolute Gasteiger partial charge is 0.137 e. The van der Waals surface area contributed by atoms with Gasteiger partial charge in [0.25, 0.3) is 0 Å². The minimum absolute atomic E-state index is 0.218. The molecule has 0 spiro atoms. The molecular formula is C13H22N2O3. The number of pyridine rings is 1. The molecule has 1 heterocycles. The van der Waals surface area contributed by atoms with E-state index < -0.39 is 0 Å². The van der Waals surface area contributed by atoms with E-state index in [0.29, 0.717) is 19.8 Å². The molecule has 1 aromatic rings. The van der Waals surface area contributed by atoms with Gasteiger partial charge in [0.15, 0.2) is 0 Å². The quantitative estimate of drug-likeness (QED) is 0.675. The molecule has 102 valence electrons. The van der Waals surface area contributed by atoms with E-state index in [1.54, 1.807) is 20.4 Å². The second-order valence-electron chi connectivity index (χ2n) is 3.89. The molecule has 0 bridgehead atoms. The Balaban J connectivity index is 2.44. The summed E-state index contributed by atoms with van der Waals surface area (Å²) in [4.78, 5) is 4.16. The first-order valence-electron chi connectivity index (χ1n) is 6.04. The molecule has 1 atom stereocenters. The van der Waals surface area contributed by atoms with E-state index in [2.05, 4.69) is 10.3 Å². The van der Waals surface area contributed by atoms with Crippen LogP contribution in [-0.2, 0) is 9.47 Å². The summed E-state index contributed by atoms with van der Waals surface area (Å²) in [5, 5.41) is 3.25. The van der Waals surface area contributed by atoms with E-state index in [-0.39, 0.29) is 6.04 Å². The normalized spacial score (nSPS) is 12.4. The van der Waals surface area contributed by atoms with Crippen molar-refractivity contribution in [3.05, 3.63) is 24.0 Å². The molecule has 0 fully saturated rings. The largest absolute Gasteiger partial charge is 0.495 e. The lowest BCUT2D eigenvalue weighted by Crippen LogP contribution is -2.19. The van der Waals surface area contributed by atoms with E-state index in [9.17, 15) is 0 Å². The van der Waals surface area contributed by atoms with Crippen LogP contribution in [0.5, 0.6) is 5.75 Å². The minimum Gasteiger partial charge on any atom is -0.495 e. The van der Waals surface area contributed by atoms with E-state index in [4.69, 9.17) is 14.2 Å². The van der Waals surface area contributed by atoms with Gasteiger partial charge in [-0.25, -0.2) is 0 Å². The van der Waals surface area contributed by atoms with Crippen molar-refractivity contribution >= 4 is 0 Å². The van der Waals surface area contributed by atoms with Crippen LogP contribution in [0.3, 0.4) is 0 Å². The fourth-order valence-electron chi connectivity index (χ4n) is 1.66. The standard InChI is InChI=1S/C13H22N2O3/c1-14-13(4-5-18-7-6-16-2)11-8-12(17-3)10-15-9-11/h8-10,13-14H,4-7H2,1-3H3. The molecular weight excluding hydrogens is 232 g/mol. The maximum Gasteiger partial charge on any atom is 0.137 e. The minimum atomic E-state index is 0.218. The van der Waals surface area contributed by atoms with E-state index in [1.807, 2.05) is 19.3 Å². The maximum absolute atomic E-state index is 5.47. The number of nitrogens with one attached hydrogen (secondary N) is 1. The third-order valence-electron chi connectivity index (χ3n) is 2.70. The zero-order valence-corrected chi connectivity index (χ0v) is 11.3. The van der Waals surface area contributed by atoms with Crippen LogP contribution < -0.4 is 10.1 Å². The Labute approximate surface area is 108 Å². The van der Waals surface area contributed by atoms with Crippen LogP contribution in [0.25, 0.3) is 0 Å². The SMILES string of the molecule is CNC(CCOCCOC)c1cncc(OC)c1. The topological polar surface area (TPSA) is 52.6 Å². The molecule has 0 aromatic carbocycles. The molecule has 1 unspecified atom stereocenters. The van der Waals surface area contributed by atoms with Crippen molar-refractivity contribution in [2.24, 2.45) is 0 Å². The van der Waals surface area contributed by atoms with Crippen LogP contribution >= 0.6 is 0 Å². The summed E-state index contributed by atoms with van der Waals surface area (Å²) in [5.74, 6) is 0.771. The third kappa shape index (κ3) is 5.00. The Morgan fingerprint density at radius 1 is 1.22 bits per heavy atom. The molecule has 18 heavy (non-hydrogen) atoms. The zero-order chi connectivity index (χ0) is 13.2. The molecule has 5 heteroatoms. The molecule has 1 aromatic heterocycles. The number of nitrogens with zero attached hydrogens (tertiary/aromatic N) is 1. The van der Waals surface area contributed by atoms with Crippen LogP contribution in [0, 0.1) is 0 Å². The van der Waals surface area contributed by atoms with Gasteiger partial charge in [0.1, 0.15) is 5.75 Å². The summed E-state index contributed by atoms with van der Waals surface area (Å²) >= 11 is 0. The molecule has 0 saturated heterocycles. The summed E-state index contributed by atoms with van der Waals surface area (Å²) in [5.41, 5.74) is 1.10. The monoisotopic (exact) mass is 254 g/mol. The van der Waals surface area contributed by atoms with Crippen molar-refractivity contribution in [1.82, 2.24) is 10.3 Å². The summed E-state index contributed by atoms with van der Waals surface area (Å²) in [6.45, 7) is 1.94. The van der Waals surface area contributed by atoms with Crippen molar-refractivity contribution in [2.75, 3.05) is 41.1 Å². The van der Waals surface area contributed by atoms with Crippen molar-refractivity contribution in [3.8, 4) is 5.75 Å². The molecule has 0 amide bonds. The molecule has 1 N–H and O–H groups in total. The predicted molar refractivity (Wildman–Crippen MR) is 69.9 cm³/mol. The Morgan fingerprint density at radius 2 is 2.06 bits per heavy atom. The fourth-order valence-corrected chi connectivity index (χ4v) is 1.66. The van der Waals surface area contributed by atoms with Gasteiger partial charge in [-0.05, 0) is 25.1 Å². The highest BCUT2D eigenvalue weighted by molar-refractivity contribution is 5.25. The van der Waals surface area contributed by atoms with Gasteiger partial charge in [0.2, 0.25) is 0 Å². The average Bonchev–Trinajstić information content (AvgIpc) is 2.43. The van der Waals surface area contributed by atoms with E-state index in [1.165, 1.54) is 0 Å². The first-order chi connectivity index (χ1) is 8.81. The summed E-state index contributed by atoms with van der Waals surface area (Å²) < 4.78 is 15.6. The van der Waals surface area contributed by atoms with Crippen LogP contribution in [0.1, 0.15) is 18.0 Å². The van der Waals surface area contributed by atoms with Crippen molar-refractivity contribution in [2.45, 2.75) is 12.5 Å². The fraction of sp³-hybridized carbons (Fsp3) is 0.615. The van der Waals surface area contributed by atoms with E-state index >= 15 is 0 Å². The van der Waals surface area contributed by atoms with Gasteiger partial charge in [-0.15, -0.1) is 0 Å². The van der Waals surface area contributed by atoms with Crippen LogP contribution in [0.15, 0.2) is 18.5 Å². The van der Waals surface area contributed by atoms with Gasteiger partial charge in [-0.1, -0.05) is 0 Å². The van der Waals surface area contributed by atoms with Crippen LogP contribution in [-0.4, -0.2) is 46.1 Å². The van der Waals surface area contributed by atoms with Crippen LogP contribution in [0.4, 0.5) is 0 Å². The highest BCUT2D eigenvalue weighted by Crippen LogP contribution is 2.19. The predicted octanol–water partition coefficient (Wildman–Crippen LogP) is 1.40. The van der Waals surface area contributed by atoms with Crippen molar-refractivity contribution < 1.29 is 14.2 Å². The number of hydrogen-bond donors (Lipinski definition) is 1. The van der Waals surface area contributed by atoms with Gasteiger partial charge in [-0.2, -0.15) is 0 Å². The van der Waals surface area contributed by atoms with E-state index in [0.717, 1.165) is 17.7 Å². The Morgan fingerprint density at radius 3 is 2.72 bits per heavy atom. The first-order valence-corrected chi connectivity index (χ1v) is 6.04. The lowest BCUT2D eigenvalue weighted by atomic mass is 10.1. The molecule has 1 rings (SSSR count). The summed E-state index contributed by atoms with van der Waals surface area (Å²) in [7, 11) is 5.24. The second kappa shape index (κ2) is 8.85. The molecule has 0 aliphatic carbocycles. The van der Waals surface area contributed by atoms with Crippen LogP contribution in [0.2, 0.25) is 0 Å². The molecule has 0 aliphatic heterocycles. The lowest BCUT2D eigenvalue weighted by molar-refractivity contribution is 0.0660. The highest BCUT2D eigenvalue weighted by Gasteiger charge is 2.10. The summed E-state index contributed by atoms with van der Waals surface area (Å²) in [6.07, 6.45) is 4.43. The number of hydrogen-bond acceptors (Lipinski definition) is 5. The maximum atomic E-state index is 5.47. The van der Waals surface area contributed by atoms with Gasteiger partial charge < -0.3 is 19.5 Å². The van der Waals surface area contributed by atoms with Gasteiger partial charge in [0.05, 0.1) is 26.5 Å². The van der Waals surface area contributed by atoms with Gasteiger partial charge in [-0.3, -0.25) is 4.98 Å². The molecule has 0 radical (unpaired) electrons. The number of rotatable bonds is 9. The van der Waals surface area contributed by atoms with Gasteiger partial charge >= 0.3 is 0 Å². The third-order valence-corrected chi connectivity index (χ3v) is 2.70. The van der Waals surface area contributed by atoms with Gasteiger partial charge in [0, 0.05) is 26.0 Å². The Kier molecular flexibility index (Phi) is 7.32. The number of methoxy groups -OCH3 is 2. The molecule has 0 aliphatic rings. The number of ether oxygens (including phenoxy) is 3. The summed E-state index contributed by atoms with van der Waals surface area (Å²) in [6, 6.07) is 2.21. The average molecular weight is 254 g/mol. The van der Waals surface area contributed by atoms with Crippen molar-refractivity contribution in [1.29, 1.82) is 0 Å². The van der Waals surface area contributed by atoms with Crippen molar-refractivity contribution in [3.63, 3.8) is 0 Å². The Bertz CT molecular complexity index is 334. The first kappa shape index (κ1) is 14.9. The lowest BCUT2D eigenvalue weighted by Gasteiger charge is -2.16. The highest BCUT2D eigenvalue weighted by atomic mass is 16.5.